The largest absolute Gasteiger partial charge is 0.496 e. The van der Waals surface area contributed by atoms with Gasteiger partial charge in [0.1, 0.15) is 5.75 Å². The summed E-state index contributed by atoms with van der Waals surface area (Å²) in [6.45, 7) is 3.47. The standard InChI is InChI=1S/C18H20N2O5/c1-12-8-9-16(24-3)14(10-12)13(2)19-18(21)11-25-17-7-5-4-6-15(17)20(22)23/h4-10,13H,11H2,1-3H3,(H,19,21). The van der Waals surface area contributed by atoms with E-state index in [1.54, 1.807) is 13.2 Å². The lowest BCUT2D eigenvalue weighted by Crippen LogP contribution is -2.31. The molecule has 0 aromatic heterocycles. The quantitative estimate of drug-likeness (QED) is 0.615. The fourth-order valence-corrected chi connectivity index (χ4v) is 2.43. The van der Waals surface area contributed by atoms with Crippen molar-refractivity contribution in [3.63, 3.8) is 0 Å². The number of nitrogens with zero attached hydrogens (tertiary/aromatic N) is 1. The van der Waals surface area contributed by atoms with Crippen LogP contribution >= 0.6 is 0 Å². The number of benzene rings is 2. The third kappa shape index (κ3) is 4.69. The molecule has 0 spiro atoms. The number of aryl methyl sites for hydroxylation is 1. The smallest absolute Gasteiger partial charge is 0.310 e. The Bertz CT molecular complexity index is 776. The number of nitrogens with one attached hydrogen (secondary N) is 1. The molecule has 2 rings (SSSR count). The van der Waals surface area contributed by atoms with Crippen LogP contribution in [0.5, 0.6) is 11.5 Å². The maximum Gasteiger partial charge on any atom is 0.310 e. The van der Waals surface area contributed by atoms with Crippen LogP contribution in [0.4, 0.5) is 5.69 Å². The first-order chi connectivity index (χ1) is 11.9. The van der Waals surface area contributed by atoms with Gasteiger partial charge in [-0.15, -0.1) is 0 Å². The molecule has 132 valence electrons. The van der Waals surface area contributed by atoms with Gasteiger partial charge < -0.3 is 14.8 Å². The maximum atomic E-state index is 12.1. The van der Waals surface area contributed by atoms with Gasteiger partial charge in [-0.25, -0.2) is 0 Å². The Hall–Kier alpha value is -3.09. The second-order valence-corrected chi connectivity index (χ2v) is 5.55. The maximum absolute atomic E-state index is 12.1. The molecule has 1 N–H and O–H groups in total. The lowest BCUT2D eigenvalue weighted by atomic mass is 10.0. The highest BCUT2D eigenvalue weighted by atomic mass is 16.6. The molecule has 25 heavy (non-hydrogen) atoms. The van der Waals surface area contributed by atoms with Crippen LogP contribution in [-0.4, -0.2) is 24.5 Å². The molecule has 7 nitrogen and oxygen atoms in total. The third-order valence-electron chi connectivity index (χ3n) is 3.65. The van der Waals surface area contributed by atoms with Gasteiger partial charge in [-0.05, 0) is 26.0 Å². The van der Waals surface area contributed by atoms with E-state index in [1.165, 1.54) is 18.2 Å². The number of rotatable bonds is 7. The van der Waals surface area contributed by atoms with Crippen molar-refractivity contribution in [3.05, 3.63) is 63.7 Å². The summed E-state index contributed by atoms with van der Waals surface area (Å²) < 4.78 is 10.6. The molecule has 0 bridgehead atoms. The molecule has 2 aromatic carbocycles. The second-order valence-electron chi connectivity index (χ2n) is 5.55. The summed E-state index contributed by atoms with van der Waals surface area (Å²) >= 11 is 0. The predicted molar refractivity (Wildman–Crippen MR) is 92.9 cm³/mol. The molecule has 0 saturated carbocycles. The monoisotopic (exact) mass is 344 g/mol. The first-order valence-electron chi connectivity index (χ1n) is 7.72. The molecule has 0 aliphatic carbocycles. The number of nitro benzene ring substituents is 1. The third-order valence-corrected chi connectivity index (χ3v) is 3.65. The molecule has 1 amide bonds. The number of hydrogen-bond donors (Lipinski definition) is 1. The van der Waals surface area contributed by atoms with Crippen molar-refractivity contribution in [2.45, 2.75) is 19.9 Å². The van der Waals surface area contributed by atoms with E-state index in [0.717, 1.165) is 11.1 Å². The van der Waals surface area contributed by atoms with E-state index in [2.05, 4.69) is 5.32 Å². The molecule has 1 atom stereocenters. The lowest BCUT2D eigenvalue weighted by molar-refractivity contribution is -0.385. The summed E-state index contributed by atoms with van der Waals surface area (Å²) in [7, 11) is 1.57. The molecule has 0 aliphatic rings. The van der Waals surface area contributed by atoms with Gasteiger partial charge in [0.25, 0.3) is 5.91 Å². The van der Waals surface area contributed by atoms with Gasteiger partial charge in [0.2, 0.25) is 0 Å². The second kappa shape index (κ2) is 8.14. The topological polar surface area (TPSA) is 90.7 Å². The summed E-state index contributed by atoms with van der Waals surface area (Å²) in [5, 5.41) is 13.7. The van der Waals surface area contributed by atoms with E-state index in [1.807, 2.05) is 32.0 Å². The molecule has 1 unspecified atom stereocenters. The number of nitro groups is 1. The van der Waals surface area contributed by atoms with Crippen molar-refractivity contribution in [3.8, 4) is 11.5 Å². The van der Waals surface area contributed by atoms with Crippen molar-refractivity contribution in [1.82, 2.24) is 5.32 Å². The first-order valence-corrected chi connectivity index (χ1v) is 7.72. The number of methoxy groups -OCH3 is 1. The minimum Gasteiger partial charge on any atom is -0.496 e. The zero-order valence-corrected chi connectivity index (χ0v) is 14.3. The van der Waals surface area contributed by atoms with Crippen LogP contribution in [0.15, 0.2) is 42.5 Å². The highest BCUT2D eigenvalue weighted by Crippen LogP contribution is 2.27. The molecule has 0 heterocycles. The van der Waals surface area contributed by atoms with Crippen molar-refractivity contribution in [2.24, 2.45) is 0 Å². The molecule has 0 fully saturated rings. The Morgan fingerprint density at radius 3 is 2.64 bits per heavy atom. The predicted octanol–water partition coefficient (Wildman–Crippen LogP) is 3.17. The SMILES string of the molecule is COc1ccc(C)cc1C(C)NC(=O)COc1ccccc1[N+](=O)[O-]. The summed E-state index contributed by atoms with van der Waals surface area (Å²) in [4.78, 5) is 22.5. The molecule has 0 radical (unpaired) electrons. The van der Waals surface area contributed by atoms with Crippen molar-refractivity contribution in [1.29, 1.82) is 0 Å². The summed E-state index contributed by atoms with van der Waals surface area (Å²) in [6, 6.07) is 11.3. The Balaban J connectivity index is 2.01. The number of amides is 1. The average molecular weight is 344 g/mol. The van der Waals surface area contributed by atoms with E-state index >= 15 is 0 Å². The fraction of sp³-hybridized carbons (Fsp3) is 0.278. The summed E-state index contributed by atoms with van der Waals surface area (Å²) in [5.41, 5.74) is 1.72. The Kier molecular flexibility index (Phi) is 5.94. The molecule has 7 heteroatoms. The van der Waals surface area contributed by atoms with Gasteiger partial charge in [0.05, 0.1) is 18.1 Å². The van der Waals surface area contributed by atoms with Gasteiger partial charge in [0.15, 0.2) is 12.4 Å². The van der Waals surface area contributed by atoms with Crippen molar-refractivity contribution in [2.75, 3.05) is 13.7 Å². The molecule has 2 aromatic rings. The van der Waals surface area contributed by atoms with Crippen molar-refractivity contribution >= 4 is 11.6 Å². The number of para-hydroxylation sites is 2. The van der Waals surface area contributed by atoms with Gasteiger partial charge in [-0.2, -0.15) is 0 Å². The Labute approximate surface area is 145 Å². The van der Waals surface area contributed by atoms with Gasteiger partial charge >= 0.3 is 5.69 Å². The van der Waals surface area contributed by atoms with E-state index in [9.17, 15) is 14.9 Å². The van der Waals surface area contributed by atoms with Crippen LogP contribution in [0.25, 0.3) is 0 Å². The minimum atomic E-state index is -0.548. The van der Waals surface area contributed by atoms with E-state index in [-0.39, 0.29) is 30.0 Å². The number of ether oxygens (including phenoxy) is 2. The zero-order chi connectivity index (χ0) is 18.4. The van der Waals surface area contributed by atoms with Gasteiger partial charge in [-0.3, -0.25) is 14.9 Å². The molecular weight excluding hydrogens is 324 g/mol. The molecular formula is C18H20N2O5. The lowest BCUT2D eigenvalue weighted by Gasteiger charge is -2.18. The fourth-order valence-electron chi connectivity index (χ4n) is 2.43. The number of carbonyl (C=O) groups is 1. The normalized spacial score (nSPS) is 11.5. The zero-order valence-electron chi connectivity index (χ0n) is 14.3. The minimum absolute atomic E-state index is 0.0587. The average Bonchev–Trinajstić information content (AvgIpc) is 2.60. The Morgan fingerprint density at radius 1 is 1.24 bits per heavy atom. The van der Waals surface area contributed by atoms with E-state index < -0.39 is 4.92 Å². The van der Waals surface area contributed by atoms with Gasteiger partial charge in [0, 0.05) is 11.6 Å². The summed E-state index contributed by atoms with van der Waals surface area (Å²) in [5.74, 6) is 0.357. The first kappa shape index (κ1) is 18.3. The Morgan fingerprint density at radius 2 is 1.96 bits per heavy atom. The van der Waals surface area contributed by atoms with Crippen LogP contribution in [0.3, 0.4) is 0 Å². The number of carbonyl (C=O) groups excluding carboxylic acids is 1. The van der Waals surface area contributed by atoms with Crippen LogP contribution in [-0.2, 0) is 4.79 Å². The highest BCUT2D eigenvalue weighted by Gasteiger charge is 2.17. The van der Waals surface area contributed by atoms with Crippen LogP contribution in [0, 0.1) is 17.0 Å². The highest BCUT2D eigenvalue weighted by molar-refractivity contribution is 5.78. The van der Waals surface area contributed by atoms with Crippen LogP contribution < -0.4 is 14.8 Å². The molecule has 0 aliphatic heterocycles. The van der Waals surface area contributed by atoms with E-state index in [4.69, 9.17) is 9.47 Å². The van der Waals surface area contributed by atoms with Crippen molar-refractivity contribution < 1.29 is 19.2 Å². The number of hydrogen-bond acceptors (Lipinski definition) is 5. The molecule has 0 saturated heterocycles. The van der Waals surface area contributed by atoms with Crippen LogP contribution in [0.2, 0.25) is 0 Å². The van der Waals surface area contributed by atoms with Crippen LogP contribution in [0.1, 0.15) is 24.1 Å². The summed E-state index contributed by atoms with van der Waals surface area (Å²) in [6.07, 6.45) is 0. The van der Waals surface area contributed by atoms with Gasteiger partial charge in [-0.1, -0.05) is 29.8 Å². The van der Waals surface area contributed by atoms with E-state index in [0.29, 0.717) is 5.75 Å².